The maximum atomic E-state index is 13.6. The molecule has 0 spiro atoms. The topological polar surface area (TPSA) is 217 Å². The molecule has 2 aromatic rings. The van der Waals surface area contributed by atoms with E-state index in [9.17, 15) is 33.9 Å². The van der Waals surface area contributed by atoms with E-state index < -0.39 is 47.7 Å². The van der Waals surface area contributed by atoms with Crippen LogP contribution in [0.3, 0.4) is 0 Å². The van der Waals surface area contributed by atoms with Crippen molar-refractivity contribution < 1.29 is 39.1 Å². The Bertz CT molecular complexity index is 1460. The van der Waals surface area contributed by atoms with Crippen LogP contribution >= 0.6 is 0 Å². The molecular weight excluding hydrogens is 630 g/mol. The van der Waals surface area contributed by atoms with Gasteiger partial charge in [-0.15, -0.1) is 12.3 Å². The molecule has 2 aromatic carbocycles. The van der Waals surface area contributed by atoms with Gasteiger partial charge in [0.05, 0.1) is 5.92 Å². The molecule has 0 aliphatic carbocycles. The van der Waals surface area contributed by atoms with E-state index in [-0.39, 0.29) is 36.9 Å². The summed E-state index contributed by atoms with van der Waals surface area (Å²) < 4.78 is 0. The zero-order valence-electron chi connectivity index (χ0n) is 27.9. The van der Waals surface area contributed by atoms with Gasteiger partial charge < -0.3 is 26.8 Å². The summed E-state index contributed by atoms with van der Waals surface area (Å²) in [6.45, 7) is 3.90. The summed E-state index contributed by atoms with van der Waals surface area (Å²) in [6, 6.07) is 12.8. The molecule has 13 heteroatoms. The minimum absolute atomic E-state index is 0.0510. The second-order valence-electron chi connectivity index (χ2n) is 12.2. The van der Waals surface area contributed by atoms with Crippen LogP contribution in [0.4, 0.5) is 0 Å². The van der Waals surface area contributed by atoms with Crippen LogP contribution in [0.25, 0.3) is 0 Å². The molecule has 0 radical (unpaired) electrons. The minimum atomic E-state index is -1.91. The van der Waals surface area contributed by atoms with Gasteiger partial charge in [0.15, 0.2) is 5.78 Å². The van der Waals surface area contributed by atoms with Crippen LogP contribution in [-0.4, -0.2) is 70.4 Å². The van der Waals surface area contributed by atoms with Crippen molar-refractivity contribution in [2.75, 3.05) is 6.54 Å². The lowest BCUT2D eigenvalue weighted by molar-refractivity contribution is -0.147. The van der Waals surface area contributed by atoms with Crippen molar-refractivity contribution in [1.82, 2.24) is 21.4 Å². The van der Waals surface area contributed by atoms with Crippen molar-refractivity contribution in [1.29, 1.82) is 0 Å². The lowest BCUT2D eigenvalue weighted by Crippen LogP contribution is -2.56. The van der Waals surface area contributed by atoms with Crippen LogP contribution in [0.5, 0.6) is 0 Å². The molecule has 264 valence electrons. The number of hydrogen-bond acceptors (Lipinski definition) is 8. The van der Waals surface area contributed by atoms with Crippen molar-refractivity contribution in [3.8, 4) is 12.3 Å². The van der Waals surface area contributed by atoms with Gasteiger partial charge in [0.2, 0.25) is 23.6 Å². The highest BCUT2D eigenvalue weighted by atomic mass is 16.5. The van der Waals surface area contributed by atoms with Gasteiger partial charge in [-0.25, -0.2) is 5.48 Å². The molecule has 0 aliphatic rings. The van der Waals surface area contributed by atoms with Gasteiger partial charge in [-0.2, -0.15) is 0 Å². The summed E-state index contributed by atoms with van der Waals surface area (Å²) in [5.41, 5.74) is 8.41. The second kappa shape index (κ2) is 21.0. The summed E-state index contributed by atoms with van der Waals surface area (Å²) in [6.07, 6.45) is 5.77. The molecule has 2 rings (SSSR count). The molecule has 8 N–H and O–H groups in total. The number of benzene rings is 2. The maximum absolute atomic E-state index is 13.6. The Kier molecular flexibility index (Phi) is 17.2. The van der Waals surface area contributed by atoms with E-state index in [0.29, 0.717) is 55.3 Å². The number of primary amides is 1. The number of amides is 5. The zero-order valence-corrected chi connectivity index (χ0v) is 27.9. The fourth-order valence-electron chi connectivity index (χ4n) is 5.11. The Hall–Kier alpha value is -5.06. The predicted octanol–water partition coefficient (Wildman–Crippen LogP) is 1.53. The summed E-state index contributed by atoms with van der Waals surface area (Å²) in [5.74, 6) is -2.87. The first kappa shape index (κ1) is 40.1. The van der Waals surface area contributed by atoms with Gasteiger partial charge in [-0.3, -0.25) is 34.0 Å². The average Bonchev–Trinajstić information content (AvgIpc) is 3.09. The Morgan fingerprint density at radius 2 is 1.47 bits per heavy atom. The lowest BCUT2D eigenvalue weighted by Gasteiger charge is -2.27. The van der Waals surface area contributed by atoms with Crippen molar-refractivity contribution in [2.45, 2.75) is 83.4 Å². The molecule has 4 atom stereocenters. The number of carbonyl (C=O) groups is 6. The number of hydroxylamine groups is 1. The number of nitrogens with one attached hydrogen (secondary N) is 4. The van der Waals surface area contributed by atoms with Gasteiger partial charge in [0, 0.05) is 36.9 Å². The van der Waals surface area contributed by atoms with Crippen LogP contribution in [0.1, 0.15) is 80.3 Å². The SMILES string of the molecule is C#CCCCC(=O)NCCCCC(NC(=O)[C@H](Cc1ccc(C(=O)c2ccccc2)cc1)NC(=O)[C@H](CC(C)C)[C@H](O)C(=O)NO)C(N)=O. The maximum Gasteiger partial charge on any atom is 0.272 e. The van der Waals surface area contributed by atoms with E-state index in [4.69, 9.17) is 17.4 Å². The van der Waals surface area contributed by atoms with Crippen molar-refractivity contribution in [3.05, 3.63) is 71.3 Å². The number of ketones is 1. The van der Waals surface area contributed by atoms with E-state index in [1.807, 2.05) is 0 Å². The molecule has 49 heavy (non-hydrogen) atoms. The fourth-order valence-corrected chi connectivity index (χ4v) is 5.11. The molecule has 0 fully saturated rings. The third kappa shape index (κ3) is 13.9. The van der Waals surface area contributed by atoms with E-state index >= 15 is 0 Å². The zero-order chi connectivity index (χ0) is 36.3. The summed E-state index contributed by atoms with van der Waals surface area (Å²) in [5, 5.41) is 27.5. The molecule has 0 heterocycles. The van der Waals surface area contributed by atoms with Crippen LogP contribution in [0, 0.1) is 24.2 Å². The first-order valence-corrected chi connectivity index (χ1v) is 16.3. The summed E-state index contributed by atoms with van der Waals surface area (Å²) >= 11 is 0. The van der Waals surface area contributed by atoms with Crippen molar-refractivity contribution in [3.63, 3.8) is 0 Å². The Morgan fingerprint density at radius 1 is 0.837 bits per heavy atom. The number of unbranched alkanes of at least 4 members (excludes halogenated alkanes) is 2. The molecule has 0 bridgehead atoms. The molecule has 1 unspecified atom stereocenters. The fraction of sp³-hybridized carbons (Fsp3) is 0.444. The molecule has 0 aliphatic heterocycles. The lowest BCUT2D eigenvalue weighted by atomic mass is 9.90. The number of carbonyl (C=O) groups excluding carboxylic acids is 6. The van der Waals surface area contributed by atoms with E-state index in [1.165, 1.54) is 5.48 Å². The molecule has 13 nitrogen and oxygen atoms in total. The largest absolute Gasteiger partial charge is 0.382 e. The third-order valence-electron chi connectivity index (χ3n) is 7.77. The third-order valence-corrected chi connectivity index (χ3v) is 7.77. The Labute approximate surface area is 286 Å². The molecule has 0 saturated heterocycles. The van der Waals surface area contributed by atoms with E-state index in [2.05, 4.69) is 21.9 Å². The quantitative estimate of drug-likeness (QED) is 0.0337. The summed E-state index contributed by atoms with van der Waals surface area (Å²) in [4.78, 5) is 76.2. The van der Waals surface area contributed by atoms with Gasteiger partial charge in [0.1, 0.15) is 18.2 Å². The van der Waals surface area contributed by atoms with Gasteiger partial charge >= 0.3 is 0 Å². The standard InChI is InChI=1S/C36H47N5O8/c1-4-5-7-15-30(42)38-20-11-10-14-28(33(37)45)39-35(47)29(40-34(46)27(21-23(2)3)32(44)36(48)41-49)22-24-16-18-26(19-17-24)31(43)25-12-8-6-9-13-25/h1,6,8-9,12-13,16-19,23,27-29,32,44,49H,5,7,10-11,14-15,20-22H2,2-3H3,(H2,37,45)(H,38,42)(H,39,47)(H,40,46)(H,41,48)/t27-,28?,29+,32+/m1/s1. The van der Waals surface area contributed by atoms with Gasteiger partial charge in [-0.1, -0.05) is 68.4 Å². The molecule has 0 aromatic heterocycles. The van der Waals surface area contributed by atoms with Crippen LogP contribution in [0.15, 0.2) is 54.6 Å². The number of hydrogen-bond donors (Lipinski definition) is 7. The van der Waals surface area contributed by atoms with Crippen LogP contribution in [0.2, 0.25) is 0 Å². The first-order valence-electron chi connectivity index (χ1n) is 16.3. The smallest absolute Gasteiger partial charge is 0.272 e. The van der Waals surface area contributed by atoms with E-state index in [1.54, 1.807) is 68.4 Å². The number of aliphatic hydroxyl groups excluding tert-OH is 1. The molecule has 0 saturated carbocycles. The van der Waals surface area contributed by atoms with Crippen molar-refractivity contribution >= 4 is 35.3 Å². The Morgan fingerprint density at radius 3 is 2.06 bits per heavy atom. The van der Waals surface area contributed by atoms with E-state index in [0.717, 1.165) is 0 Å². The number of aliphatic hydroxyl groups is 1. The van der Waals surface area contributed by atoms with Crippen LogP contribution in [-0.2, 0) is 30.4 Å². The normalized spacial score (nSPS) is 13.2. The highest BCUT2D eigenvalue weighted by Gasteiger charge is 2.35. The highest BCUT2D eigenvalue weighted by Crippen LogP contribution is 2.18. The number of rotatable bonds is 21. The monoisotopic (exact) mass is 677 g/mol. The van der Waals surface area contributed by atoms with Gasteiger partial charge in [0.25, 0.3) is 5.91 Å². The minimum Gasteiger partial charge on any atom is -0.382 e. The van der Waals surface area contributed by atoms with Crippen molar-refractivity contribution in [2.24, 2.45) is 17.6 Å². The first-order chi connectivity index (χ1) is 23.4. The second-order valence-corrected chi connectivity index (χ2v) is 12.2. The Balaban J connectivity index is 2.21. The molecular formula is C36H47N5O8. The highest BCUT2D eigenvalue weighted by molar-refractivity contribution is 6.09. The number of terminal acetylenes is 1. The molecule has 5 amide bonds. The average molecular weight is 678 g/mol. The van der Waals surface area contributed by atoms with Gasteiger partial charge in [-0.05, 0) is 43.6 Å². The summed E-state index contributed by atoms with van der Waals surface area (Å²) in [7, 11) is 0. The predicted molar refractivity (Wildman–Crippen MR) is 182 cm³/mol. The van der Waals surface area contributed by atoms with Crippen LogP contribution < -0.4 is 27.2 Å². The number of nitrogens with two attached hydrogens (primary N) is 1.